The number of ether oxygens (including phenoxy) is 1. The number of halogens is 1. The molecular formula is C10H11BrN2O. The summed E-state index contributed by atoms with van der Waals surface area (Å²) < 4.78 is 6.57. The van der Waals surface area contributed by atoms with Crippen molar-refractivity contribution in [2.75, 3.05) is 6.61 Å². The van der Waals surface area contributed by atoms with E-state index >= 15 is 0 Å². The maximum Gasteiger partial charge on any atom is 0.141 e. The molecule has 2 rings (SSSR count). The van der Waals surface area contributed by atoms with Crippen molar-refractivity contribution in [2.24, 2.45) is 0 Å². The van der Waals surface area contributed by atoms with E-state index < -0.39 is 0 Å². The van der Waals surface area contributed by atoms with Crippen molar-refractivity contribution in [3.8, 4) is 5.75 Å². The molecule has 1 atom stereocenters. The fraction of sp³-hybridized carbons (Fsp3) is 0.300. The Labute approximate surface area is 91.3 Å². The van der Waals surface area contributed by atoms with E-state index in [2.05, 4.69) is 32.8 Å². The molecule has 74 valence electrons. The Morgan fingerprint density at radius 3 is 3.29 bits per heavy atom. The summed E-state index contributed by atoms with van der Waals surface area (Å²) in [6.45, 7) is 5.11. The second-order valence-electron chi connectivity index (χ2n) is 3.14. The number of aromatic nitrogens is 1. The molecule has 0 fully saturated rings. The first-order chi connectivity index (χ1) is 6.81. The van der Waals surface area contributed by atoms with Gasteiger partial charge in [-0.1, -0.05) is 6.08 Å². The second kappa shape index (κ2) is 4.11. The summed E-state index contributed by atoms with van der Waals surface area (Å²) in [6.07, 6.45) is 5.42. The molecule has 0 aliphatic carbocycles. The summed E-state index contributed by atoms with van der Waals surface area (Å²) in [5, 5.41) is 3.31. The number of hydrogen-bond donors (Lipinski definition) is 1. The van der Waals surface area contributed by atoms with Crippen LogP contribution in [0, 0.1) is 0 Å². The molecule has 1 aromatic heterocycles. The van der Waals surface area contributed by atoms with Gasteiger partial charge < -0.3 is 10.1 Å². The maximum atomic E-state index is 5.66. The van der Waals surface area contributed by atoms with Gasteiger partial charge in [0, 0.05) is 24.5 Å². The van der Waals surface area contributed by atoms with Crippen molar-refractivity contribution in [2.45, 2.75) is 12.6 Å². The van der Waals surface area contributed by atoms with Gasteiger partial charge >= 0.3 is 0 Å². The van der Waals surface area contributed by atoms with E-state index in [-0.39, 0.29) is 6.04 Å². The van der Waals surface area contributed by atoms with Crippen molar-refractivity contribution >= 4 is 15.9 Å². The Bertz CT molecular complexity index is 354. The highest BCUT2D eigenvalue weighted by atomic mass is 79.9. The monoisotopic (exact) mass is 254 g/mol. The standard InChI is InChI=1S/C10H11BrN2O/c1-2-8-6-14-10-7(4-13-8)3-12-5-9(10)11/h2-3,5,8,13H,1,4,6H2/t8-/m1/s1. The van der Waals surface area contributed by atoms with E-state index in [4.69, 9.17) is 4.74 Å². The molecule has 0 bridgehead atoms. The van der Waals surface area contributed by atoms with Crippen LogP contribution in [0.2, 0.25) is 0 Å². The fourth-order valence-corrected chi connectivity index (χ4v) is 1.86. The minimum Gasteiger partial charge on any atom is -0.490 e. The van der Waals surface area contributed by atoms with Crippen LogP contribution < -0.4 is 10.1 Å². The average molecular weight is 255 g/mol. The molecule has 1 aromatic rings. The second-order valence-corrected chi connectivity index (χ2v) is 4.00. The minimum atomic E-state index is 0.203. The lowest BCUT2D eigenvalue weighted by Crippen LogP contribution is -2.29. The first-order valence-electron chi connectivity index (χ1n) is 4.42. The third-order valence-corrected chi connectivity index (χ3v) is 2.74. The molecule has 0 radical (unpaired) electrons. The predicted octanol–water partition coefficient (Wildman–Crippen LogP) is 1.88. The third-order valence-electron chi connectivity index (χ3n) is 2.17. The van der Waals surface area contributed by atoms with Crippen LogP contribution in [-0.2, 0) is 6.54 Å². The Balaban J connectivity index is 2.29. The highest BCUT2D eigenvalue weighted by Crippen LogP contribution is 2.29. The van der Waals surface area contributed by atoms with Gasteiger partial charge in [0.15, 0.2) is 0 Å². The number of nitrogens with zero attached hydrogens (tertiary/aromatic N) is 1. The van der Waals surface area contributed by atoms with Crippen LogP contribution in [0.5, 0.6) is 5.75 Å². The smallest absolute Gasteiger partial charge is 0.141 e. The largest absolute Gasteiger partial charge is 0.490 e. The Morgan fingerprint density at radius 2 is 2.50 bits per heavy atom. The summed E-state index contributed by atoms with van der Waals surface area (Å²) >= 11 is 3.42. The third kappa shape index (κ3) is 1.81. The zero-order valence-electron chi connectivity index (χ0n) is 7.66. The van der Waals surface area contributed by atoms with Crippen LogP contribution in [0.3, 0.4) is 0 Å². The molecule has 14 heavy (non-hydrogen) atoms. The molecule has 0 aromatic carbocycles. The van der Waals surface area contributed by atoms with Crippen LogP contribution in [0.1, 0.15) is 5.56 Å². The number of rotatable bonds is 1. The highest BCUT2D eigenvalue weighted by molar-refractivity contribution is 9.10. The summed E-state index contributed by atoms with van der Waals surface area (Å²) in [4.78, 5) is 4.10. The van der Waals surface area contributed by atoms with Gasteiger partial charge in [-0.3, -0.25) is 4.98 Å². The molecule has 4 heteroatoms. The summed E-state index contributed by atoms with van der Waals surface area (Å²) in [7, 11) is 0. The molecule has 3 nitrogen and oxygen atoms in total. The van der Waals surface area contributed by atoms with Crippen molar-refractivity contribution in [1.29, 1.82) is 0 Å². The van der Waals surface area contributed by atoms with Crippen LogP contribution in [0.15, 0.2) is 29.5 Å². The lowest BCUT2D eigenvalue weighted by atomic mass is 10.2. The van der Waals surface area contributed by atoms with Crippen molar-refractivity contribution in [3.05, 3.63) is 35.1 Å². The SMILES string of the molecule is C=C[C@@H]1COc2c(Br)cncc2CN1. The first kappa shape index (κ1) is 9.68. The van der Waals surface area contributed by atoms with Crippen molar-refractivity contribution in [1.82, 2.24) is 10.3 Å². The van der Waals surface area contributed by atoms with E-state index in [9.17, 15) is 0 Å². The summed E-state index contributed by atoms with van der Waals surface area (Å²) in [5.41, 5.74) is 1.07. The maximum absolute atomic E-state index is 5.66. The zero-order valence-corrected chi connectivity index (χ0v) is 9.25. The van der Waals surface area contributed by atoms with Crippen molar-refractivity contribution < 1.29 is 4.74 Å². The average Bonchev–Trinajstić information content (AvgIpc) is 2.41. The molecule has 0 amide bonds. The van der Waals surface area contributed by atoms with Gasteiger partial charge in [-0.25, -0.2) is 0 Å². The van der Waals surface area contributed by atoms with E-state index in [0.29, 0.717) is 6.61 Å². The van der Waals surface area contributed by atoms with Gasteiger partial charge in [-0.15, -0.1) is 6.58 Å². The highest BCUT2D eigenvalue weighted by Gasteiger charge is 2.16. The van der Waals surface area contributed by atoms with E-state index in [1.165, 1.54) is 0 Å². The molecule has 1 aliphatic heterocycles. The Kier molecular flexibility index (Phi) is 2.84. The normalized spacial score (nSPS) is 20.5. The van der Waals surface area contributed by atoms with Gasteiger partial charge in [-0.05, 0) is 15.9 Å². The molecule has 0 unspecified atom stereocenters. The summed E-state index contributed by atoms with van der Waals surface area (Å²) in [6, 6.07) is 0.203. The van der Waals surface area contributed by atoms with E-state index in [1.807, 2.05) is 12.3 Å². The quantitative estimate of drug-likeness (QED) is 0.778. The van der Waals surface area contributed by atoms with Crippen molar-refractivity contribution in [3.63, 3.8) is 0 Å². The molecule has 1 N–H and O–H groups in total. The van der Waals surface area contributed by atoms with E-state index in [0.717, 1.165) is 22.3 Å². The van der Waals surface area contributed by atoms with Crippen LogP contribution in [-0.4, -0.2) is 17.6 Å². The number of nitrogens with one attached hydrogen (secondary N) is 1. The fourth-order valence-electron chi connectivity index (χ4n) is 1.38. The number of hydrogen-bond acceptors (Lipinski definition) is 3. The van der Waals surface area contributed by atoms with Gasteiger partial charge in [0.05, 0.1) is 10.5 Å². The lowest BCUT2D eigenvalue weighted by molar-refractivity contribution is 0.298. The van der Waals surface area contributed by atoms with Gasteiger partial charge in [0.25, 0.3) is 0 Å². The molecule has 1 aliphatic rings. The molecule has 0 saturated carbocycles. The predicted molar refractivity (Wildman–Crippen MR) is 58.3 cm³/mol. The molecule has 0 spiro atoms. The minimum absolute atomic E-state index is 0.203. The molecular weight excluding hydrogens is 244 g/mol. The number of pyridine rings is 1. The first-order valence-corrected chi connectivity index (χ1v) is 5.21. The topological polar surface area (TPSA) is 34.1 Å². The van der Waals surface area contributed by atoms with Crippen LogP contribution >= 0.6 is 15.9 Å². The van der Waals surface area contributed by atoms with Gasteiger partial charge in [0.1, 0.15) is 12.4 Å². The lowest BCUT2D eigenvalue weighted by Gasteiger charge is -2.09. The summed E-state index contributed by atoms with van der Waals surface area (Å²) in [5.74, 6) is 0.886. The molecule has 0 saturated heterocycles. The van der Waals surface area contributed by atoms with Crippen LogP contribution in [0.4, 0.5) is 0 Å². The Hall–Kier alpha value is -0.870. The molecule has 2 heterocycles. The zero-order chi connectivity index (χ0) is 9.97. The number of fused-ring (bicyclic) bond motifs is 1. The van der Waals surface area contributed by atoms with Crippen LogP contribution in [0.25, 0.3) is 0 Å². The Morgan fingerprint density at radius 1 is 1.64 bits per heavy atom. The van der Waals surface area contributed by atoms with E-state index in [1.54, 1.807) is 6.20 Å². The van der Waals surface area contributed by atoms with Gasteiger partial charge in [-0.2, -0.15) is 0 Å². The van der Waals surface area contributed by atoms with Gasteiger partial charge in [0.2, 0.25) is 0 Å².